The predicted octanol–water partition coefficient (Wildman–Crippen LogP) is -0.0875. The van der Waals surface area contributed by atoms with Gasteiger partial charge < -0.3 is 15.0 Å². The van der Waals surface area contributed by atoms with E-state index < -0.39 is 0 Å². The maximum absolute atomic E-state index is 12.3. The lowest BCUT2D eigenvalue weighted by Crippen LogP contribution is -2.39. The highest BCUT2D eigenvalue weighted by Crippen LogP contribution is 2.19. The van der Waals surface area contributed by atoms with E-state index in [-0.39, 0.29) is 30.7 Å². The Morgan fingerprint density at radius 3 is 2.89 bits per heavy atom. The van der Waals surface area contributed by atoms with Crippen molar-refractivity contribution in [3.8, 4) is 0 Å². The number of amides is 1. The Kier molecular flexibility index (Phi) is 3.99. The van der Waals surface area contributed by atoms with Crippen LogP contribution in [0.4, 0.5) is 0 Å². The van der Waals surface area contributed by atoms with Crippen molar-refractivity contribution in [3.63, 3.8) is 0 Å². The molecule has 1 aromatic rings. The van der Waals surface area contributed by atoms with Crippen LogP contribution in [-0.4, -0.2) is 45.1 Å². The molecule has 2 N–H and O–H groups in total. The number of carbonyl (C=O) groups excluding carboxylic acids is 1. The molecular formula is C13H19N3O3. The van der Waals surface area contributed by atoms with E-state index in [1.54, 1.807) is 18.7 Å². The van der Waals surface area contributed by atoms with Gasteiger partial charge in [0, 0.05) is 23.5 Å². The molecule has 1 fully saturated rings. The molecule has 19 heavy (non-hydrogen) atoms. The second kappa shape index (κ2) is 5.52. The van der Waals surface area contributed by atoms with Crippen LogP contribution in [0.2, 0.25) is 0 Å². The third kappa shape index (κ3) is 2.84. The quantitative estimate of drug-likeness (QED) is 0.800. The van der Waals surface area contributed by atoms with Gasteiger partial charge in [-0.15, -0.1) is 0 Å². The maximum Gasteiger partial charge on any atom is 0.345 e. The minimum absolute atomic E-state index is 0.00752. The number of aromatic amines is 1. The average molecular weight is 265 g/mol. The molecule has 0 aromatic carbocycles. The van der Waals surface area contributed by atoms with E-state index in [0.717, 1.165) is 18.4 Å². The van der Waals surface area contributed by atoms with Crippen molar-refractivity contribution >= 4 is 5.91 Å². The highest BCUT2D eigenvalue weighted by molar-refractivity contribution is 5.79. The number of hydrogen-bond acceptors (Lipinski definition) is 4. The first kappa shape index (κ1) is 13.7. The Bertz CT molecular complexity index is 512. The van der Waals surface area contributed by atoms with E-state index in [0.29, 0.717) is 17.9 Å². The number of aromatic nitrogens is 2. The number of hydrogen-bond donors (Lipinski definition) is 2. The zero-order chi connectivity index (χ0) is 14.0. The summed E-state index contributed by atoms with van der Waals surface area (Å²) in [7, 11) is 0. The van der Waals surface area contributed by atoms with Gasteiger partial charge in [-0.1, -0.05) is 0 Å². The second-order valence-corrected chi connectivity index (χ2v) is 4.97. The number of nitrogens with zero attached hydrogens (tertiary/aromatic N) is 2. The van der Waals surface area contributed by atoms with Crippen molar-refractivity contribution in [1.29, 1.82) is 0 Å². The van der Waals surface area contributed by atoms with E-state index in [1.807, 2.05) is 0 Å². The lowest BCUT2D eigenvalue weighted by Gasteiger charge is -2.23. The van der Waals surface area contributed by atoms with Crippen LogP contribution >= 0.6 is 0 Å². The van der Waals surface area contributed by atoms with Crippen molar-refractivity contribution in [3.05, 3.63) is 27.4 Å². The van der Waals surface area contributed by atoms with Gasteiger partial charge in [-0.25, -0.2) is 4.79 Å². The molecule has 1 aliphatic rings. The van der Waals surface area contributed by atoms with Gasteiger partial charge in [-0.3, -0.25) is 4.79 Å². The standard InChI is InChI=1S/C13H19N3O3/c1-8-11(9(2)15-13(19)14-8)6-12(18)16-5-3-4-10(16)7-17/h10,17H,3-7H2,1-2H3,(H,14,15,19)/t10-/m0/s1. The van der Waals surface area contributed by atoms with Crippen molar-refractivity contribution in [2.45, 2.75) is 39.2 Å². The fourth-order valence-corrected chi connectivity index (χ4v) is 2.62. The molecule has 1 aliphatic heterocycles. The van der Waals surface area contributed by atoms with Gasteiger partial charge in [0.05, 0.1) is 19.1 Å². The smallest absolute Gasteiger partial charge is 0.345 e. The minimum Gasteiger partial charge on any atom is -0.394 e. The monoisotopic (exact) mass is 265 g/mol. The van der Waals surface area contributed by atoms with Crippen LogP contribution in [0.25, 0.3) is 0 Å². The molecule has 104 valence electrons. The Morgan fingerprint density at radius 1 is 1.53 bits per heavy atom. The van der Waals surface area contributed by atoms with Crippen LogP contribution in [0.1, 0.15) is 29.8 Å². The number of likely N-dealkylation sites (tertiary alicyclic amines) is 1. The lowest BCUT2D eigenvalue weighted by atomic mass is 10.1. The number of aliphatic hydroxyl groups excluding tert-OH is 1. The molecule has 2 rings (SSSR count). The van der Waals surface area contributed by atoms with E-state index in [4.69, 9.17) is 0 Å². The minimum atomic E-state index is -0.388. The van der Waals surface area contributed by atoms with Gasteiger partial charge in [0.25, 0.3) is 0 Å². The Hall–Kier alpha value is -1.69. The molecule has 0 radical (unpaired) electrons. The highest BCUT2D eigenvalue weighted by atomic mass is 16.3. The van der Waals surface area contributed by atoms with E-state index in [2.05, 4.69) is 9.97 Å². The molecular weight excluding hydrogens is 246 g/mol. The molecule has 6 heteroatoms. The molecule has 0 saturated carbocycles. The van der Waals surface area contributed by atoms with Crippen LogP contribution in [0.3, 0.4) is 0 Å². The van der Waals surface area contributed by atoms with Crippen molar-refractivity contribution in [2.75, 3.05) is 13.2 Å². The molecule has 6 nitrogen and oxygen atoms in total. The number of H-pyrrole nitrogens is 1. The largest absolute Gasteiger partial charge is 0.394 e. The number of aryl methyl sites for hydroxylation is 2. The number of rotatable bonds is 3. The average Bonchev–Trinajstić information content (AvgIpc) is 2.81. The SMILES string of the molecule is Cc1nc(=O)[nH]c(C)c1CC(=O)N1CCC[C@H]1CO. The highest BCUT2D eigenvalue weighted by Gasteiger charge is 2.28. The maximum atomic E-state index is 12.3. The fraction of sp³-hybridized carbons (Fsp3) is 0.615. The third-order valence-corrected chi connectivity index (χ3v) is 3.69. The number of nitrogens with one attached hydrogen (secondary N) is 1. The summed E-state index contributed by atoms with van der Waals surface area (Å²) in [6.07, 6.45) is 2.00. The van der Waals surface area contributed by atoms with Gasteiger partial charge in [0.2, 0.25) is 5.91 Å². The van der Waals surface area contributed by atoms with Gasteiger partial charge in [0.1, 0.15) is 0 Å². The van der Waals surface area contributed by atoms with Crippen LogP contribution in [0.15, 0.2) is 4.79 Å². The summed E-state index contributed by atoms with van der Waals surface area (Å²) >= 11 is 0. The summed E-state index contributed by atoms with van der Waals surface area (Å²) in [6, 6.07) is -0.0659. The molecule has 1 amide bonds. The second-order valence-electron chi connectivity index (χ2n) is 4.97. The fourth-order valence-electron chi connectivity index (χ4n) is 2.62. The van der Waals surface area contributed by atoms with Crippen LogP contribution in [0.5, 0.6) is 0 Å². The summed E-state index contributed by atoms with van der Waals surface area (Å²) in [6.45, 7) is 4.21. The molecule has 0 unspecified atom stereocenters. The molecule has 0 aliphatic carbocycles. The van der Waals surface area contributed by atoms with Crippen LogP contribution < -0.4 is 5.69 Å². The zero-order valence-corrected chi connectivity index (χ0v) is 11.3. The van der Waals surface area contributed by atoms with Crippen LogP contribution in [0, 0.1) is 13.8 Å². The van der Waals surface area contributed by atoms with Crippen molar-refractivity contribution in [2.24, 2.45) is 0 Å². The van der Waals surface area contributed by atoms with Gasteiger partial charge in [0.15, 0.2) is 0 Å². The zero-order valence-electron chi connectivity index (χ0n) is 11.3. The Balaban J connectivity index is 2.17. The van der Waals surface area contributed by atoms with E-state index in [9.17, 15) is 14.7 Å². The summed E-state index contributed by atoms with van der Waals surface area (Å²) in [5, 5.41) is 9.24. The summed E-state index contributed by atoms with van der Waals surface area (Å²) in [5.41, 5.74) is 1.66. The normalized spacial score (nSPS) is 18.9. The summed E-state index contributed by atoms with van der Waals surface area (Å²) in [5.74, 6) is -0.0170. The summed E-state index contributed by atoms with van der Waals surface area (Å²) in [4.78, 5) is 31.6. The van der Waals surface area contributed by atoms with E-state index >= 15 is 0 Å². The first-order valence-corrected chi connectivity index (χ1v) is 6.49. The molecule has 1 aromatic heterocycles. The molecule has 0 bridgehead atoms. The van der Waals surface area contributed by atoms with Crippen molar-refractivity contribution < 1.29 is 9.90 Å². The van der Waals surface area contributed by atoms with Gasteiger partial charge >= 0.3 is 5.69 Å². The molecule has 1 atom stereocenters. The van der Waals surface area contributed by atoms with Crippen LogP contribution in [-0.2, 0) is 11.2 Å². The molecule has 0 spiro atoms. The number of carbonyl (C=O) groups is 1. The summed E-state index contributed by atoms with van der Waals surface area (Å²) < 4.78 is 0. The predicted molar refractivity (Wildman–Crippen MR) is 69.9 cm³/mol. The first-order valence-electron chi connectivity index (χ1n) is 6.49. The molecule has 2 heterocycles. The molecule has 1 saturated heterocycles. The topological polar surface area (TPSA) is 86.3 Å². The Morgan fingerprint density at radius 2 is 2.26 bits per heavy atom. The lowest BCUT2D eigenvalue weighted by molar-refractivity contribution is -0.132. The third-order valence-electron chi connectivity index (χ3n) is 3.69. The van der Waals surface area contributed by atoms with E-state index in [1.165, 1.54) is 0 Å². The number of aliphatic hydroxyl groups is 1. The Labute approximate surface area is 111 Å². The first-order chi connectivity index (χ1) is 9.02. The van der Waals surface area contributed by atoms with Gasteiger partial charge in [-0.2, -0.15) is 4.98 Å². The van der Waals surface area contributed by atoms with Crippen molar-refractivity contribution in [1.82, 2.24) is 14.9 Å². The van der Waals surface area contributed by atoms with Gasteiger partial charge in [-0.05, 0) is 26.7 Å².